The Morgan fingerprint density at radius 3 is 2.38 bits per heavy atom. The summed E-state index contributed by atoms with van der Waals surface area (Å²) in [5.41, 5.74) is 2.32. The Morgan fingerprint density at radius 1 is 1.31 bits per heavy atom. The fraction of sp³-hybridized carbons (Fsp3) is 0.417. The van der Waals surface area contributed by atoms with E-state index in [2.05, 4.69) is 6.07 Å². The van der Waals surface area contributed by atoms with Gasteiger partial charge in [-0.2, -0.15) is 5.26 Å². The third-order valence-corrected chi connectivity index (χ3v) is 1.74. The fourth-order valence-corrected chi connectivity index (χ4v) is 1.01. The van der Waals surface area contributed by atoms with Crippen molar-refractivity contribution in [2.24, 2.45) is 0 Å². The molecule has 0 bridgehead atoms. The smallest absolute Gasteiger partial charge is 0.0700 e. The number of benzene rings is 1. The molecule has 1 nitrogen and oxygen atoms in total. The predicted octanol–water partition coefficient (Wildman–Crippen LogP) is 3.65. The van der Waals surface area contributed by atoms with Gasteiger partial charge in [0.2, 0.25) is 0 Å². The van der Waals surface area contributed by atoms with Crippen LogP contribution in [0.3, 0.4) is 0 Å². The van der Waals surface area contributed by atoms with Gasteiger partial charge < -0.3 is 0 Å². The van der Waals surface area contributed by atoms with Crippen LogP contribution >= 0.6 is 0 Å². The highest BCUT2D eigenvalue weighted by molar-refractivity contribution is 5.28. The summed E-state index contributed by atoms with van der Waals surface area (Å²) in [7, 11) is 0. The summed E-state index contributed by atoms with van der Waals surface area (Å²) in [6.45, 7) is 7.95. The quantitative estimate of drug-likeness (QED) is 0.639. The Labute approximate surface area is 81.0 Å². The van der Waals surface area contributed by atoms with Gasteiger partial charge in [-0.1, -0.05) is 43.7 Å². The molecule has 1 atom stereocenters. The maximum absolute atomic E-state index is 8.63. The van der Waals surface area contributed by atoms with Crippen molar-refractivity contribution in [1.29, 1.82) is 5.26 Å². The van der Waals surface area contributed by atoms with Crippen LogP contribution in [0.15, 0.2) is 24.3 Å². The van der Waals surface area contributed by atoms with Gasteiger partial charge in [-0.3, -0.25) is 0 Å². The molecule has 0 radical (unpaired) electrons. The van der Waals surface area contributed by atoms with Crippen molar-refractivity contribution in [3.05, 3.63) is 35.4 Å². The molecule has 1 aromatic rings. The van der Waals surface area contributed by atoms with Gasteiger partial charge in [0.25, 0.3) is 0 Å². The summed E-state index contributed by atoms with van der Waals surface area (Å²) < 4.78 is 0. The van der Waals surface area contributed by atoms with Crippen molar-refractivity contribution < 1.29 is 0 Å². The minimum Gasteiger partial charge on any atom is -0.198 e. The van der Waals surface area contributed by atoms with E-state index in [-0.39, 0.29) is 5.92 Å². The van der Waals surface area contributed by atoms with Crippen LogP contribution in [0.25, 0.3) is 0 Å². The van der Waals surface area contributed by atoms with Crippen molar-refractivity contribution in [1.82, 2.24) is 0 Å². The Kier molecular flexibility index (Phi) is 5.63. The van der Waals surface area contributed by atoms with E-state index >= 15 is 0 Å². The van der Waals surface area contributed by atoms with Gasteiger partial charge >= 0.3 is 0 Å². The highest BCUT2D eigenvalue weighted by atomic mass is 14.3. The van der Waals surface area contributed by atoms with E-state index in [1.54, 1.807) is 0 Å². The molecule has 1 aromatic carbocycles. The molecule has 70 valence electrons. The van der Waals surface area contributed by atoms with Gasteiger partial charge in [-0.15, -0.1) is 0 Å². The van der Waals surface area contributed by atoms with E-state index in [4.69, 9.17) is 5.26 Å². The zero-order chi connectivity index (χ0) is 10.3. The molecular weight excluding hydrogens is 158 g/mol. The molecule has 0 aliphatic heterocycles. The van der Waals surface area contributed by atoms with Crippen molar-refractivity contribution in [3.63, 3.8) is 0 Å². The van der Waals surface area contributed by atoms with Crippen LogP contribution in [-0.2, 0) is 0 Å². The van der Waals surface area contributed by atoms with E-state index in [0.717, 1.165) is 5.56 Å². The monoisotopic (exact) mass is 175 g/mol. The second kappa shape index (κ2) is 6.25. The lowest BCUT2D eigenvalue weighted by Crippen LogP contribution is -1.88. The first kappa shape index (κ1) is 11.7. The molecular formula is C12H17N. The molecule has 13 heavy (non-hydrogen) atoms. The molecule has 1 heteroatoms. The van der Waals surface area contributed by atoms with Crippen LogP contribution in [0.4, 0.5) is 0 Å². The van der Waals surface area contributed by atoms with Gasteiger partial charge in [-0.05, 0) is 19.4 Å². The third-order valence-electron chi connectivity index (χ3n) is 1.74. The largest absolute Gasteiger partial charge is 0.198 e. The molecule has 1 unspecified atom stereocenters. The van der Waals surface area contributed by atoms with Crippen molar-refractivity contribution in [3.8, 4) is 6.07 Å². The van der Waals surface area contributed by atoms with Gasteiger partial charge in [0.15, 0.2) is 0 Å². The molecule has 0 fully saturated rings. The average Bonchev–Trinajstić information content (AvgIpc) is 2.20. The molecule has 1 rings (SSSR count). The Balaban J connectivity index is 0.000000671. The first-order chi connectivity index (χ1) is 6.24. The predicted molar refractivity (Wildman–Crippen MR) is 56.6 cm³/mol. The Hall–Kier alpha value is -1.29. The van der Waals surface area contributed by atoms with Crippen molar-refractivity contribution in [2.75, 3.05) is 0 Å². The summed E-state index contributed by atoms with van der Waals surface area (Å²) >= 11 is 0. The van der Waals surface area contributed by atoms with Crippen molar-refractivity contribution >= 4 is 0 Å². The molecule has 0 amide bonds. The minimum atomic E-state index is 0.00917. The summed E-state index contributed by atoms with van der Waals surface area (Å²) in [6.07, 6.45) is 0. The molecule has 0 aliphatic rings. The number of hydrogen-bond acceptors (Lipinski definition) is 1. The highest BCUT2D eigenvalue weighted by Crippen LogP contribution is 2.14. The lowest BCUT2D eigenvalue weighted by atomic mass is 10.0. The second-order valence-electron chi connectivity index (χ2n) is 2.76. The number of rotatable bonds is 1. The van der Waals surface area contributed by atoms with Gasteiger partial charge in [0.05, 0.1) is 12.0 Å². The SMILES string of the molecule is CC.Cc1cccc(C(C)C#N)c1. The molecule has 0 aliphatic carbocycles. The lowest BCUT2D eigenvalue weighted by Gasteiger charge is -2.02. The van der Waals surface area contributed by atoms with E-state index in [1.165, 1.54) is 5.56 Å². The van der Waals surface area contributed by atoms with Crippen molar-refractivity contribution in [2.45, 2.75) is 33.6 Å². The number of nitriles is 1. The van der Waals surface area contributed by atoms with E-state index in [0.29, 0.717) is 0 Å². The lowest BCUT2D eigenvalue weighted by molar-refractivity contribution is 0.979. The van der Waals surface area contributed by atoms with Gasteiger partial charge in [0.1, 0.15) is 0 Å². The normalized spacial score (nSPS) is 10.7. The Bertz CT molecular complexity index is 283. The molecule has 0 N–H and O–H groups in total. The Morgan fingerprint density at radius 2 is 1.92 bits per heavy atom. The first-order valence-electron chi connectivity index (χ1n) is 4.70. The second-order valence-corrected chi connectivity index (χ2v) is 2.76. The maximum atomic E-state index is 8.63. The van der Waals surface area contributed by atoms with Gasteiger partial charge in [0, 0.05) is 0 Å². The zero-order valence-electron chi connectivity index (χ0n) is 8.83. The number of hydrogen-bond donors (Lipinski definition) is 0. The summed E-state index contributed by atoms with van der Waals surface area (Å²) in [5, 5.41) is 8.63. The average molecular weight is 175 g/mol. The minimum absolute atomic E-state index is 0.00917. The maximum Gasteiger partial charge on any atom is 0.0700 e. The molecule has 0 heterocycles. The molecule has 0 saturated heterocycles. The topological polar surface area (TPSA) is 23.8 Å². The molecule has 0 aromatic heterocycles. The van der Waals surface area contributed by atoms with Crippen LogP contribution < -0.4 is 0 Å². The van der Waals surface area contributed by atoms with E-state index in [9.17, 15) is 0 Å². The highest BCUT2D eigenvalue weighted by Gasteiger charge is 2.01. The summed E-state index contributed by atoms with van der Waals surface area (Å²) in [4.78, 5) is 0. The summed E-state index contributed by atoms with van der Waals surface area (Å²) in [5.74, 6) is 0.00917. The van der Waals surface area contributed by atoms with Crippen LogP contribution in [0.5, 0.6) is 0 Å². The van der Waals surface area contributed by atoms with Crippen LogP contribution in [0.1, 0.15) is 37.8 Å². The summed E-state index contributed by atoms with van der Waals surface area (Å²) in [6, 6.07) is 10.3. The molecule has 0 saturated carbocycles. The fourth-order valence-electron chi connectivity index (χ4n) is 1.01. The first-order valence-corrected chi connectivity index (χ1v) is 4.70. The van der Waals surface area contributed by atoms with Gasteiger partial charge in [-0.25, -0.2) is 0 Å². The zero-order valence-corrected chi connectivity index (χ0v) is 8.83. The van der Waals surface area contributed by atoms with Crippen LogP contribution in [-0.4, -0.2) is 0 Å². The van der Waals surface area contributed by atoms with E-state index < -0.39 is 0 Å². The van der Waals surface area contributed by atoms with Crippen LogP contribution in [0.2, 0.25) is 0 Å². The number of aryl methyl sites for hydroxylation is 1. The standard InChI is InChI=1S/C10H11N.C2H6/c1-8-4-3-5-10(6-8)9(2)7-11;1-2/h3-6,9H,1-2H3;1-2H3. The van der Waals surface area contributed by atoms with E-state index in [1.807, 2.05) is 52.0 Å². The van der Waals surface area contributed by atoms with Crippen LogP contribution in [0, 0.1) is 18.3 Å². The third kappa shape index (κ3) is 3.75. The molecule has 0 spiro atoms. The number of nitrogens with zero attached hydrogens (tertiary/aromatic N) is 1.